The number of carbonyl (C=O) groups excluding carboxylic acids is 1. The highest BCUT2D eigenvalue weighted by atomic mass is 16.4. The van der Waals surface area contributed by atoms with Gasteiger partial charge < -0.3 is 15.0 Å². The van der Waals surface area contributed by atoms with Gasteiger partial charge in [0, 0.05) is 0 Å². The van der Waals surface area contributed by atoms with Crippen LogP contribution in [0.3, 0.4) is 0 Å². The summed E-state index contributed by atoms with van der Waals surface area (Å²) >= 11 is 0. The second-order valence-corrected chi connectivity index (χ2v) is 1.39. The quantitative estimate of drug-likeness (QED) is 0.469. The fraction of sp³-hybridized carbons (Fsp3) is 0.400. The lowest BCUT2D eigenvalue weighted by Crippen LogP contribution is -2.27. The average molecular weight is 163 g/mol. The maximum absolute atomic E-state index is 9.73. The molecule has 0 unspecified atom stereocenters. The van der Waals surface area contributed by atoms with Crippen molar-refractivity contribution in [2.75, 3.05) is 13.1 Å². The molecule has 3 N–H and O–H groups in total. The molecule has 0 aliphatic carbocycles. The van der Waals surface area contributed by atoms with Gasteiger partial charge in [0.2, 0.25) is 0 Å². The molecule has 0 aromatic rings. The third-order valence-electron chi connectivity index (χ3n) is 0.552. The van der Waals surface area contributed by atoms with Crippen molar-refractivity contribution in [3.8, 4) is 0 Å². The van der Waals surface area contributed by atoms with Gasteiger partial charge in [-0.25, -0.2) is 0 Å². The lowest BCUT2D eigenvalue weighted by atomic mass is 10.6. The molecule has 0 spiro atoms. The van der Waals surface area contributed by atoms with E-state index in [1.165, 1.54) is 0 Å². The van der Waals surface area contributed by atoms with E-state index in [-0.39, 0.29) is 13.1 Å². The van der Waals surface area contributed by atoms with Crippen LogP contribution in [0.25, 0.3) is 0 Å². The number of aliphatic carboxylic acids is 2. The first-order valence-corrected chi connectivity index (χ1v) is 2.56. The maximum Gasteiger partial charge on any atom is 0.317 e. The second kappa shape index (κ2) is 8.57. The summed E-state index contributed by atoms with van der Waals surface area (Å²) < 4.78 is 0. The van der Waals surface area contributed by atoms with E-state index in [9.17, 15) is 9.59 Å². The third kappa shape index (κ3) is 17.7. The summed E-state index contributed by atoms with van der Waals surface area (Å²) in [7, 11) is 0. The topological polar surface area (TPSA) is 104 Å². The van der Waals surface area contributed by atoms with Crippen LogP contribution in [0.2, 0.25) is 0 Å². The zero-order valence-electron chi connectivity index (χ0n) is 5.74. The lowest BCUT2D eigenvalue weighted by Gasteiger charge is -1.93. The van der Waals surface area contributed by atoms with Crippen molar-refractivity contribution < 1.29 is 24.6 Å². The predicted molar refractivity (Wildman–Crippen MR) is 35.3 cm³/mol. The van der Waals surface area contributed by atoms with Crippen molar-refractivity contribution in [1.29, 1.82) is 0 Å². The Hall–Kier alpha value is -1.43. The first-order chi connectivity index (χ1) is 5.13. The molecule has 0 rings (SSSR count). The number of rotatable bonds is 4. The van der Waals surface area contributed by atoms with E-state index in [1.807, 2.05) is 6.79 Å². The van der Waals surface area contributed by atoms with Gasteiger partial charge in [0.1, 0.15) is 6.79 Å². The molecule has 6 nitrogen and oxygen atoms in total. The van der Waals surface area contributed by atoms with Crippen LogP contribution in [0, 0.1) is 0 Å². The molecule has 0 aliphatic heterocycles. The lowest BCUT2D eigenvalue weighted by molar-refractivity contribution is -0.137. The van der Waals surface area contributed by atoms with Crippen LogP contribution in [0.4, 0.5) is 0 Å². The van der Waals surface area contributed by atoms with E-state index in [1.54, 1.807) is 0 Å². The Bertz CT molecular complexity index is 121. The van der Waals surface area contributed by atoms with E-state index in [2.05, 4.69) is 5.32 Å². The van der Waals surface area contributed by atoms with Gasteiger partial charge >= 0.3 is 11.9 Å². The molecule has 64 valence electrons. The molecule has 6 heteroatoms. The molecular weight excluding hydrogens is 154 g/mol. The summed E-state index contributed by atoms with van der Waals surface area (Å²) in [6.07, 6.45) is 0. The number of carbonyl (C=O) groups is 3. The van der Waals surface area contributed by atoms with Crippen molar-refractivity contribution in [1.82, 2.24) is 5.32 Å². The molecule has 0 saturated carbocycles. The van der Waals surface area contributed by atoms with Gasteiger partial charge in [-0.05, 0) is 0 Å². The van der Waals surface area contributed by atoms with E-state index in [0.29, 0.717) is 0 Å². The van der Waals surface area contributed by atoms with E-state index in [4.69, 9.17) is 15.0 Å². The number of nitrogens with one attached hydrogen (secondary N) is 1. The molecule has 0 fully saturated rings. The summed E-state index contributed by atoms with van der Waals surface area (Å²) in [6.45, 7) is 1.37. The second-order valence-electron chi connectivity index (χ2n) is 1.39. The Kier molecular flexibility index (Phi) is 9.56. The third-order valence-corrected chi connectivity index (χ3v) is 0.552. The predicted octanol–water partition coefficient (Wildman–Crippen LogP) is -1.44. The smallest absolute Gasteiger partial charge is 0.317 e. The molecule has 0 saturated heterocycles. The minimum Gasteiger partial charge on any atom is -0.480 e. The summed E-state index contributed by atoms with van der Waals surface area (Å²) in [5, 5.41) is 18.1. The molecule has 0 heterocycles. The number of hydrogen-bond acceptors (Lipinski definition) is 4. The van der Waals surface area contributed by atoms with Gasteiger partial charge in [0.15, 0.2) is 0 Å². The Labute approximate surface area is 62.8 Å². The van der Waals surface area contributed by atoms with Gasteiger partial charge in [-0.15, -0.1) is 0 Å². The molecule has 0 radical (unpaired) electrons. The zero-order valence-corrected chi connectivity index (χ0v) is 5.74. The molecular formula is C5H9NO5. The standard InChI is InChI=1S/C4H7NO4.CH2O/c6-3(7)1-5-2-4(8)9;1-2/h5H,1-2H2,(H,6,7)(H,8,9);1H2. The van der Waals surface area contributed by atoms with E-state index in [0.717, 1.165) is 0 Å². The van der Waals surface area contributed by atoms with Crippen molar-refractivity contribution in [2.24, 2.45) is 0 Å². The Morgan fingerprint density at radius 3 is 1.55 bits per heavy atom. The molecule has 0 aliphatic rings. The van der Waals surface area contributed by atoms with Crippen LogP contribution in [0.1, 0.15) is 0 Å². The van der Waals surface area contributed by atoms with Crippen LogP contribution in [0.5, 0.6) is 0 Å². The zero-order chi connectivity index (χ0) is 9.28. The fourth-order valence-corrected chi connectivity index (χ4v) is 0.276. The van der Waals surface area contributed by atoms with Gasteiger partial charge in [-0.1, -0.05) is 0 Å². The molecule has 11 heavy (non-hydrogen) atoms. The van der Waals surface area contributed by atoms with Crippen molar-refractivity contribution in [2.45, 2.75) is 0 Å². The van der Waals surface area contributed by atoms with Gasteiger partial charge in [0.05, 0.1) is 13.1 Å². The summed E-state index contributed by atoms with van der Waals surface area (Å²) in [4.78, 5) is 27.5. The van der Waals surface area contributed by atoms with Crippen LogP contribution in [-0.2, 0) is 14.4 Å². The van der Waals surface area contributed by atoms with Crippen molar-refractivity contribution in [3.05, 3.63) is 0 Å². The molecule has 0 aromatic carbocycles. The number of carboxylic acid groups (broad SMARTS) is 2. The number of hydrogen-bond donors (Lipinski definition) is 3. The number of carboxylic acids is 2. The first kappa shape index (κ1) is 12.3. The first-order valence-electron chi connectivity index (χ1n) is 2.56. The monoisotopic (exact) mass is 163 g/mol. The summed E-state index contributed by atoms with van der Waals surface area (Å²) in [5.41, 5.74) is 0. The van der Waals surface area contributed by atoms with Gasteiger partial charge in [0.25, 0.3) is 0 Å². The van der Waals surface area contributed by atoms with Crippen molar-refractivity contribution in [3.63, 3.8) is 0 Å². The van der Waals surface area contributed by atoms with Crippen LogP contribution >= 0.6 is 0 Å². The summed E-state index contributed by atoms with van der Waals surface area (Å²) in [5.74, 6) is -2.12. The average Bonchev–Trinajstić information content (AvgIpc) is 1.90. The summed E-state index contributed by atoms with van der Waals surface area (Å²) in [6, 6.07) is 0. The minimum atomic E-state index is -1.06. The normalized spacial score (nSPS) is 7.64. The molecule has 0 bridgehead atoms. The maximum atomic E-state index is 9.73. The Balaban J connectivity index is 0. The SMILES string of the molecule is C=O.O=C(O)CNCC(=O)O. The van der Waals surface area contributed by atoms with Crippen LogP contribution < -0.4 is 5.32 Å². The largest absolute Gasteiger partial charge is 0.480 e. The highest BCUT2D eigenvalue weighted by Gasteiger charge is 1.97. The Morgan fingerprint density at radius 1 is 1.09 bits per heavy atom. The van der Waals surface area contributed by atoms with Crippen LogP contribution in [-0.4, -0.2) is 42.0 Å². The minimum absolute atomic E-state index is 0.313. The Morgan fingerprint density at radius 2 is 1.36 bits per heavy atom. The molecule has 0 amide bonds. The highest BCUT2D eigenvalue weighted by molar-refractivity contribution is 5.72. The van der Waals surface area contributed by atoms with Gasteiger partial charge in [-0.3, -0.25) is 14.9 Å². The van der Waals surface area contributed by atoms with Crippen molar-refractivity contribution >= 4 is 18.7 Å². The van der Waals surface area contributed by atoms with E-state index < -0.39 is 11.9 Å². The van der Waals surface area contributed by atoms with E-state index >= 15 is 0 Å². The molecule has 0 aromatic heterocycles. The fourth-order valence-electron chi connectivity index (χ4n) is 0.276. The van der Waals surface area contributed by atoms with Crippen LogP contribution in [0.15, 0.2) is 0 Å². The molecule has 0 atom stereocenters. The highest BCUT2D eigenvalue weighted by Crippen LogP contribution is 1.61. The van der Waals surface area contributed by atoms with Gasteiger partial charge in [-0.2, -0.15) is 0 Å².